The largest absolute Gasteiger partial charge is 0.465 e. The van der Waals surface area contributed by atoms with Crippen LogP contribution in [-0.2, 0) is 4.74 Å². The molecule has 5 heterocycles. The first-order valence-corrected chi connectivity index (χ1v) is 10.6. The average Bonchev–Trinajstić information content (AvgIpc) is 3.42. The molecule has 0 aliphatic carbocycles. The molecule has 2 aliphatic heterocycles. The van der Waals surface area contributed by atoms with E-state index in [4.69, 9.17) is 13.9 Å². The standard InChI is InChI=1S/C22H22N6O5/c1-31-20(30)16-11-23-8-5-17(16)26-19(29)18-12-32-22(27-18)28-13-3-4-14(28)10-15(9-13)33-21-24-6-2-7-25-21/h2,5-8,11-15H,3-4,9-10H2,1H3,(H,23,26,29)/t13-,14+,15?. The maximum atomic E-state index is 12.7. The Labute approximate surface area is 189 Å². The normalized spacial score (nSPS) is 21.5. The minimum atomic E-state index is -0.596. The van der Waals surface area contributed by atoms with E-state index in [-0.39, 0.29) is 35.1 Å². The summed E-state index contributed by atoms with van der Waals surface area (Å²) in [5, 5.41) is 2.68. The van der Waals surface area contributed by atoms with E-state index in [0.29, 0.717) is 12.0 Å². The van der Waals surface area contributed by atoms with E-state index in [1.54, 1.807) is 18.5 Å². The highest BCUT2D eigenvalue weighted by molar-refractivity contribution is 6.06. The van der Waals surface area contributed by atoms with Crippen LogP contribution in [0.3, 0.4) is 0 Å². The van der Waals surface area contributed by atoms with Gasteiger partial charge in [0.25, 0.3) is 11.9 Å². The fourth-order valence-electron chi connectivity index (χ4n) is 4.48. The summed E-state index contributed by atoms with van der Waals surface area (Å²) in [5.41, 5.74) is 0.556. The molecule has 0 spiro atoms. The number of nitrogens with one attached hydrogen (secondary N) is 1. The Morgan fingerprint density at radius 3 is 2.64 bits per heavy atom. The average molecular weight is 450 g/mol. The summed E-state index contributed by atoms with van der Waals surface area (Å²) in [6, 6.07) is 4.45. The molecule has 2 bridgehead atoms. The summed E-state index contributed by atoms with van der Waals surface area (Å²) in [6.07, 6.45) is 11.0. The van der Waals surface area contributed by atoms with Crippen LogP contribution in [0.5, 0.6) is 6.01 Å². The number of carbonyl (C=O) groups is 2. The number of nitrogens with zero attached hydrogens (tertiary/aromatic N) is 5. The van der Waals surface area contributed by atoms with Crippen LogP contribution in [-0.4, -0.2) is 57.1 Å². The van der Waals surface area contributed by atoms with Gasteiger partial charge in [-0.3, -0.25) is 9.78 Å². The smallest absolute Gasteiger partial charge is 0.341 e. The maximum absolute atomic E-state index is 12.7. The summed E-state index contributed by atoms with van der Waals surface area (Å²) < 4.78 is 16.4. The van der Waals surface area contributed by atoms with Gasteiger partial charge in [0.15, 0.2) is 5.69 Å². The number of esters is 1. The quantitative estimate of drug-likeness (QED) is 0.558. The lowest BCUT2D eigenvalue weighted by Crippen LogP contribution is -2.46. The molecule has 2 aliphatic rings. The Bertz CT molecular complexity index is 1140. The van der Waals surface area contributed by atoms with Gasteiger partial charge in [0.1, 0.15) is 17.9 Å². The predicted octanol–water partition coefficient (Wildman–Crippen LogP) is 2.48. The van der Waals surface area contributed by atoms with Gasteiger partial charge in [0, 0.05) is 49.7 Å². The van der Waals surface area contributed by atoms with Gasteiger partial charge in [-0.2, -0.15) is 4.98 Å². The molecule has 2 saturated heterocycles. The van der Waals surface area contributed by atoms with E-state index >= 15 is 0 Å². The Morgan fingerprint density at radius 2 is 1.91 bits per heavy atom. The van der Waals surface area contributed by atoms with Gasteiger partial charge in [0.05, 0.1) is 12.8 Å². The number of hydrogen-bond donors (Lipinski definition) is 1. The lowest BCUT2D eigenvalue weighted by Gasteiger charge is -2.37. The molecule has 0 radical (unpaired) electrons. The summed E-state index contributed by atoms with van der Waals surface area (Å²) in [4.78, 5) is 43.4. The van der Waals surface area contributed by atoms with Crippen molar-refractivity contribution < 1.29 is 23.5 Å². The second-order valence-electron chi connectivity index (χ2n) is 7.92. The van der Waals surface area contributed by atoms with Crippen molar-refractivity contribution in [1.82, 2.24) is 19.9 Å². The Kier molecular flexibility index (Phi) is 5.59. The topological polar surface area (TPSA) is 133 Å². The Hall–Kier alpha value is -4.02. The van der Waals surface area contributed by atoms with Crippen LogP contribution in [0.15, 0.2) is 47.6 Å². The second-order valence-corrected chi connectivity index (χ2v) is 7.92. The minimum absolute atomic E-state index is 0.0160. The minimum Gasteiger partial charge on any atom is -0.465 e. The monoisotopic (exact) mass is 450 g/mol. The number of fused-ring (bicyclic) bond motifs is 2. The first-order valence-electron chi connectivity index (χ1n) is 10.6. The first kappa shape index (κ1) is 20.9. The number of hydrogen-bond acceptors (Lipinski definition) is 10. The van der Waals surface area contributed by atoms with Gasteiger partial charge in [-0.05, 0) is 25.0 Å². The number of carbonyl (C=O) groups excluding carboxylic acids is 2. The molecule has 3 atom stereocenters. The molecule has 5 rings (SSSR count). The molecular formula is C22H22N6O5. The molecular weight excluding hydrogens is 428 g/mol. The number of methoxy groups -OCH3 is 1. The fraction of sp³-hybridized carbons (Fsp3) is 0.364. The molecule has 0 aromatic carbocycles. The molecule has 11 heteroatoms. The van der Waals surface area contributed by atoms with E-state index < -0.39 is 11.9 Å². The second kappa shape index (κ2) is 8.85. The third kappa shape index (κ3) is 4.21. The van der Waals surface area contributed by atoms with E-state index in [1.807, 2.05) is 0 Å². The van der Waals surface area contributed by atoms with Crippen molar-refractivity contribution in [3.05, 3.63) is 54.4 Å². The van der Waals surface area contributed by atoms with Crippen molar-refractivity contribution in [3.8, 4) is 6.01 Å². The summed E-state index contributed by atoms with van der Waals surface area (Å²) in [5.74, 6) is -1.09. The highest BCUT2D eigenvalue weighted by Gasteiger charge is 2.44. The maximum Gasteiger partial charge on any atom is 0.341 e. The highest BCUT2D eigenvalue weighted by atomic mass is 16.5. The molecule has 0 saturated carbocycles. The number of amides is 1. The van der Waals surface area contributed by atoms with Crippen LogP contribution < -0.4 is 15.0 Å². The molecule has 3 aromatic heterocycles. The van der Waals surface area contributed by atoms with E-state index in [2.05, 4.69) is 30.2 Å². The van der Waals surface area contributed by atoms with Crippen LogP contribution in [0.2, 0.25) is 0 Å². The van der Waals surface area contributed by atoms with E-state index in [0.717, 1.165) is 25.7 Å². The number of aromatic nitrogens is 4. The highest BCUT2D eigenvalue weighted by Crippen LogP contribution is 2.39. The van der Waals surface area contributed by atoms with Crippen LogP contribution in [0.25, 0.3) is 0 Å². The van der Waals surface area contributed by atoms with E-state index in [1.165, 1.54) is 31.8 Å². The Balaban J connectivity index is 1.27. The molecule has 3 aromatic rings. The number of anilines is 2. The number of piperidine rings is 1. The zero-order valence-corrected chi connectivity index (χ0v) is 17.9. The van der Waals surface area contributed by atoms with Gasteiger partial charge < -0.3 is 24.1 Å². The Morgan fingerprint density at radius 1 is 1.15 bits per heavy atom. The molecule has 1 amide bonds. The number of pyridine rings is 1. The third-order valence-electron chi connectivity index (χ3n) is 5.92. The fourth-order valence-corrected chi connectivity index (χ4v) is 4.48. The van der Waals surface area contributed by atoms with Crippen LogP contribution >= 0.6 is 0 Å². The van der Waals surface area contributed by atoms with Crippen molar-refractivity contribution in [1.29, 1.82) is 0 Å². The zero-order chi connectivity index (χ0) is 22.8. The van der Waals surface area contributed by atoms with Crippen LogP contribution in [0.1, 0.15) is 46.5 Å². The van der Waals surface area contributed by atoms with Gasteiger partial charge in [0.2, 0.25) is 0 Å². The third-order valence-corrected chi connectivity index (χ3v) is 5.92. The van der Waals surface area contributed by atoms with Crippen LogP contribution in [0, 0.1) is 0 Å². The van der Waals surface area contributed by atoms with Gasteiger partial charge in [-0.25, -0.2) is 14.8 Å². The first-order chi connectivity index (χ1) is 16.1. The SMILES string of the molecule is COC(=O)c1cnccc1NC(=O)c1coc(N2[C@@H]3CC[C@H]2CC(Oc2ncccn2)C3)n1. The van der Waals surface area contributed by atoms with Crippen molar-refractivity contribution in [3.63, 3.8) is 0 Å². The summed E-state index contributed by atoms with van der Waals surface area (Å²) in [6.45, 7) is 0. The number of ether oxygens (including phenoxy) is 2. The lowest BCUT2D eigenvalue weighted by atomic mass is 10.0. The molecule has 1 N–H and O–H groups in total. The van der Waals surface area contributed by atoms with E-state index in [9.17, 15) is 9.59 Å². The summed E-state index contributed by atoms with van der Waals surface area (Å²) in [7, 11) is 1.26. The van der Waals surface area contributed by atoms with Crippen molar-refractivity contribution >= 4 is 23.6 Å². The number of rotatable bonds is 6. The zero-order valence-electron chi connectivity index (χ0n) is 17.9. The van der Waals surface area contributed by atoms with Crippen LogP contribution in [0.4, 0.5) is 11.7 Å². The predicted molar refractivity (Wildman–Crippen MR) is 115 cm³/mol. The molecule has 33 heavy (non-hydrogen) atoms. The molecule has 11 nitrogen and oxygen atoms in total. The van der Waals surface area contributed by atoms with Gasteiger partial charge in [-0.1, -0.05) is 0 Å². The van der Waals surface area contributed by atoms with Crippen molar-refractivity contribution in [2.24, 2.45) is 0 Å². The van der Waals surface area contributed by atoms with Gasteiger partial charge in [-0.15, -0.1) is 0 Å². The molecule has 1 unspecified atom stereocenters. The van der Waals surface area contributed by atoms with Gasteiger partial charge >= 0.3 is 12.0 Å². The lowest BCUT2D eigenvalue weighted by molar-refractivity contribution is 0.0601. The molecule has 2 fully saturated rings. The van der Waals surface area contributed by atoms with Crippen molar-refractivity contribution in [2.45, 2.75) is 43.9 Å². The summed E-state index contributed by atoms with van der Waals surface area (Å²) >= 11 is 0. The van der Waals surface area contributed by atoms with Crippen molar-refractivity contribution in [2.75, 3.05) is 17.3 Å². The molecule has 170 valence electrons. The number of oxazole rings is 1.